The number of fused-ring (bicyclic) bond motifs is 1. The van der Waals surface area contributed by atoms with Gasteiger partial charge in [-0.25, -0.2) is 19.9 Å². The number of hydrogen-bond acceptors (Lipinski definition) is 5. The third kappa shape index (κ3) is 0.861. The monoisotopic (exact) mass is 146 g/mol. The van der Waals surface area contributed by atoms with Crippen LogP contribution in [0.3, 0.4) is 0 Å². The van der Waals surface area contributed by atoms with Gasteiger partial charge in [-0.3, -0.25) is 0 Å². The third-order valence-corrected chi connectivity index (χ3v) is 1.25. The second-order valence-electron chi connectivity index (χ2n) is 1.93. The van der Waals surface area contributed by atoms with Gasteiger partial charge in [-0.1, -0.05) is 0 Å². The van der Waals surface area contributed by atoms with Crippen LogP contribution in [0.5, 0.6) is 0 Å². The van der Waals surface area contributed by atoms with E-state index >= 15 is 0 Å². The van der Waals surface area contributed by atoms with Crippen molar-refractivity contribution in [1.29, 1.82) is 0 Å². The summed E-state index contributed by atoms with van der Waals surface area (Å²) in [6, 6.07) is 0. The van der Waals surface area contributed by atoms with E-state index in [1.807, 2.05) is 0 Å². The lowest BCUT2D eigenvalue weighted by molar-refractivity contribution is 1.15. The lowest BCUT2D eigenvalue weighted by Crippen LogP contribution is -1.96. The molecule has 0 atom stereocenters. The van der Waals surface area contributed by atoms with E-state index in [-0.39, 0.29) is 0 Å². The van der Waals surface area contributed by atoms with Crippen LogP contribution in [-0.2, 0) is 0 Å². The van der Waals surface area contributed by atoms with Crippen molar-refractivity contribution < 1.29 is 0 Å². The predicted molar refractivity (Wildman–Crippen MR) is 38.4 cm³/mol. The molecular weight excluding hydrogens is 142 g/mol. The van der Waals surface area contributed by atoms with Crippen LogP contribution in [-0.4, -0.2) is 19.9 Å². The van der Waals surface area contributed by atoms with E-state index in [9.17, 15) is 0 Å². The molecule has 0 saturated carbocycles. The molecule has 5 nitrogen and oxygen atoms in total. The van der Waals surface area contributed by atoms with Crippen molar-refractivity contribution in [3.05, 3.63) is 18.7 Å². The molecule has 53 valence electrons. The predicted octanol–water partition coefficient (Wildman–Crippen LogP) is -0.198. The standard InChI is InChI=1S/C6H4N5/c7-5-4-6(11-3-10-5)9-2-1-8-4/h2-3H,(H2,7,9,10,11). The Labute approximate surface area is 62.3 Å². The van der Waals surface area contributed by atoms with E-state index in [2.05, 4.69) is 26.1 Å². The number of aromatic nitrogens is 4. The Kier molecular flexibility index (Phi) is 1.15. The fourth-order valence-corrected chi connectivity index (χ4v) is 0.768. The van der Waals surface area contributed by atoms with E-state index in [1.165, 1.54) is 12.5 Å². The fourth-order valence-electron chi connectivity index (χ4n) is 0.768. The van der Waals surface area contributed by atoms with E-state index in [4.69, 9.17) is 5.73 Å². The van der Waals surface area contributed by atoms with Crippen LogP contribution in [0, 0.1) is 6.20 Å². The molecule has 0 aliphatic heterocycles. The molecule has 0 amide bonds. The van der Waals surface area contributed by atoms with Crippen molar-refractivity contribution in [2.75, 3.05) is 5.73 Å². The summed E-state index contributed by atoms with van der Waals surface area (Å²) in [4.78, 5) is 15.3. The molecule has 11 heavy (non-hydrogen) atoms. The first kappa shape index (κ1) is 5.96. The van der Waals surface area contributed by atoms with Crippen molar-refractivity contribution >= 4 is 17.0 Å². The first-order valence-corrected chi connectivity index (χ1v) is 2.97. The normalized spacial score (nSPS) is 10.2. The lowest BCUT2D eigenvalue weighted by Gasteiger charge is -1.94. The summed E-state index contributed by atoms with van der Waals surface area (Å²) < 4.78 is 0. The van der Waals surface area contributed by atoms with Gasteiger partial charge in [0.1, 0.15) is 12.5 Å². The van der Waals surface area contributed by atoms with Crippen LogP contribution in [0.4, 0.5) is 5.82 Å². The molecule has 2 aromatic heterocycles. The van der Waals surface area contributed by atoms with Crippen molar-refractivity contribution in [3.8, 4) is 0 Å². The fraction of sp³-hybridized carbons (Fsp3) is 0. The maximum atomic E-state index is 5.48. The number of hydrogen-bond donors (Lipinski definition) is 1. The second-order valence-corrected chi connectivity index (χ2v) is 1.93. The molecule has 0 bridgehead atoms. The summed E-state index contributed by atoms with van der Waals surface area (Å²) in [5.41, 5.74) is 6.47. The highest BCUT2D eigenvalue weighted by atomic mass is 15.0. The van der Waals surface area contributed by atoms with Gasteiger partial charge in [0.2, 0.25) is 0 Å². The minimum atomic E-state index is 0.333. The minimum Gasteiger partial charge on any atom is -0.382 e. The van der Waals surface area contributed by atoms with Gasteiger partial charge in [0.05, 0.1) is 6.20 Å². The zero-order valence-electron chi connectivity index (χ0n) is 5.52. The molecule has 0 aromatic carbocycles. The van der Waals surface area contributed by atoms with Crippen molar-refractivity contribution in [1.82, 2.24) is 19.9 Å². The SMILES string of the molecule is Nc1ncnc2nc[c]nc12. The molecule has 1 radical (unpaired) electrons. The van der Waals surface area contributed by atoms with Gasteiger partial charge < -0.3 is 5.73 Å². The largest absolute Gasteiger partial charge is 0.382 e. The summed E-state index contributed by atoms with van der Waals surface area (Å²) in [5, 5.41) is 0. The molecule has 2 rings (SSSR count). The molecule has 0 saturated heterocycles. The van der Waals surface area contributed by atoms with Gasteiger partial charge in [-0.05, 0) is 0 Å². The maximum absolute atomic E-state index is 5.48. The highest BCUT2D eigenvalue weighted by molar-refractivity contribution is 5.79. The van der Waals surface area contributed by atoms with Crippen LogP contribution in [0.2, 0.25) is 0 Å². The van der Waals surface area contributed by atoms with E-state index < -0.39 is 0 Å². The van der Waals surface area contributed by atoms with Crippen LogP contribution >= 0.6 is 0 Å². The smallest absolute Gasteiger partial charge is 0.183 e. The molecule has 2 N–H and O–H groups in total. The molecule has 5 heteroatoms. The Hall–Kier alpha value is -1.78. The third-order valence-electron chi connectivity index (χ3n) is 1.25. The van der Waals surface area contributed by atoms with E-state index in [0.29, 0.717) is 17.0 Å². The summed E-state index contributed by atoms with van der Waals surface area (Å²) in [6.07, 6.45) is 5.35. The lowest BCUT2D eigenvalue weighted by atomic mass is 10.5. The topological polar surface area (TPSA) is 77.6 Å². The van der Waals surface area contributed by atoms with E-state index in [1.54, 1.807) is 0 Å². The average Bonchev–Trinajstić information content (AvgIpc) is 2.06. The second kappa shape index (κ2) is 2.12. The van der Waals surface area contributed by atoms with Crippen molar-refractivity contribution in [2.45, 2.75) is 0 Å². The van der Waals surface area contributed by atoms with Gasteiger partial charge in [-0.15, -0.1) is 0 Å². The van der Waals surface area contributed by atoms with Gasteiger partial charge in [0.15, 0.2) is 17.0 Å². The summed E-state index contributed by atoms with van der Waals surface area (Å²) >= 11 is 0. The Morgan fingerprint density at radius 2 is 2.18 bits per heavy atom. The van der Waals surface area contributed by atoms with Crippen LogP contribution < -0.4 is 5.73 Å². The Balaban J connectivity index is 2.91. The van der Waals surface area contributed by atoms with Crippen molar-refractivity contribution in [3.63, 3.8) is 0 Å². The number of nitrogens with two attached hydrogens (primary N) is 1. The van der Waals surface area contributed by atoms with E-state index in [0.717, 1.165) is 0 Å². The van der Waals surface area contributed by atoms with Gasteiger partial charge in [0, 0.05) is 0 Å². The molecule has 2 heterocycles. The number of nitrogen functional groups attached to an aromatic ring is 1. The van der Waals surface area contributed by atoms with Crippen LogP contribution in [0.15, 0.2) is 12.5 Å². The summed E-state index contributed by atoms with van der Waals surface area (Å²) in [7, 11) is 0. The first-order chi connectivity index (χ1) is 5.38. The van der Waals surface area contributed by atoms with Gasteiger partial charge in [0.25, 0.3) is 0 Å². The van der Waals surface area contributed by atoms with Crippen LogP contribution in [0.1, 0.15) is 0 Å². The summed E-state index contributed by atoms with van der Waals surface area (Å²) in [6.45, 7) is 0. The quantitative estimate of drug-likeness (QED) is 0.557. The number of anilines is 1. The van der Waals surface area contributed by atoms with Gasteiger partial charge in [-0.2, -0.15) is 0 Å². The zero-order chi connectivity index (χ0) is 7.68. The first-order valence-electron chi connectivity index (χ1n) is 2.97. The number of nitrogens with zero attached hydrogens (tertiary/aromatic N) is 4. The molecule has 0 aliphatic rings. The average molecular weight is 146 g/mol. The highest BCUT2D eigenvalue weighted by Crippen LogP contribution is 2.08. The van der Waals surface area contributed by atoms with Crippen molar-refractivity contribution in [2.24, 2.45) is 0 Å². The molecule has 0 fully saturated rings. The minimum absolute atomic E-state index is 0.333. The Morgan fingerprint density at radius 1 is 1.27 bits per heavy atom. The molecule has 0 spiro atoms. The zero-order valence-corrected chi connectivity index (χ0v) is 5.52. The Morgan fingerprint density at radius 3 is 3.00 bits per heavy atom. The maximum Gasteiger partial charge on any atom is 0.183 e. The highest BCUT2D eigenvalue weighted by Gasteiger charge is 1.99. The molecule has 2 aromatic rings. The molecule has 0 aliphatic carbocycles. The Bertz CT molecular complexity index is 380. The van der Waals surface area contributed by atoms with Crippen LogP contribution in [0.25, 0.3) is 11.2 Å². The molecular formula is C6H4N5. The number of rotatable bonds is 0. The molecule has 0 unspecified atom stereocenters. The van der Waals surface area contributed by atoms with Gasteiger partial charge >= 0.3 is 0 Å². The summed E-state index contributed by atoms with van der Waals surface area (Å²) in [5.74, 6) is 0.333.